The largest absolute Gasteiger partial charge is 0.497 e. The summed E-state index contributed by atoms with van der Waals surface area (Å²) in [5.41, 5.74) is 1.33. The number of aliphatic imine (C=N–C) groups is 1. The highest BCUT2D eigenvalue weighted by Gasteiger charge is 2.10. The van der Waals surface area contributed by atoms with E-state index in [9.17, 15) is 0 Å². The first-order valence-corrected chi connectivity index (χ1v) is 9.69. The molecule has 0 saturated carbocycles. The molecule has 1 aromatic rings. The molecule has 146 valence electrons. The summed E-state index contributed by atoms with van der Waals surface area (Å²) in [6.07, 6.45) is 1.02. The standard InChI is InChI=1S/C20H34N4O2/c1-4-21-20(23-11-12-24-13-15-26-16-14-24)22-10-9-17(2)18-5-7-19(25-3)8-6-18/h5-8,17H,4,9-16H2,1-3H3,(H2,21,22,23). The van der Waals surface area contributed by atoms with Crippen LogP contribution in [0.3, 0.4) is 0 Å². The molecule has 0 aromatic heterocycles. The van der Waals surface area contributed by atoms with Crippen molar-refractivity contribution in [2.75, 3.05) is 59.6 Å². The van der Waals surface area contributed by atoms with Crippen LogP contribution in [-0.4, -0.2) is 70.5 Å². The third-order valence-corrected chi connectivity index (χ3v) is 4.69. The molecule has 1 aromatic carbocycles. The highest BCUT2D eigenvalue weighted by atomic mass is 16.5. The minimum Gasteiger partial charge on any atom is -0.497 e. The van der Waals surface area contributed by atoms with Gasteiger partial charge in [-0.05, 0) is 37.0 Å². The number of nitrogens with zero attached hydrogens (tertiary/aromatic N) is 2. The summed E-state index contributed by atoms with van der Waals surface area (Å²) in [4.78, 5) is 7.14. The summed E-state index contributed by atoms with van der Waals surface area (Å²) >= 11 is 0. The van der Waals surface area contributed by atoms with Gasteiger partial charge in [-0.1, -0.05) is 19.1 Å². The predicted molar refractivity (Wildman–Crippen MR) is 107 cm³/mol. The lowest BCUT2D eigenvalue weighted by molar-refractivity contribution is 0.0389. The van der Waals surface area contributed by atoms with Crippen LogP contribution in [0.4, 0.5) is 0 Å². The minimum absolute atomic E-state index is 0.473. The second-order valence-corrected chi connectivity index (χ2v) is 6.60. The average Bonchev–Trinajstić information content (AvgIpc) is 2.69. The molecule has 2 N–H and O–H groups in total. The van der Waals surface area contributed by atoms with Gasteiger partial charge in [0, 0.05) is 39.3 Å². The van der Waals surface area contributed by atoms with Crippen LogP contribution >= 0.6 is 0 Å². The van der Waals surface area contributed by atoms with E-state index in [1.54, 1.807) is 7.11 Å². The zero-order valence-electron chi connectivity index (χ0n) is 16.5. The van der Waals surface area contributed by atoms with E-state index in [-0.39, 0.29) is 0 Å². The van der Waals surface area contributed by atoms with Gasteiger partial charge in [0.2, 0.25) is 0 Å². The smallest absolute Gasteiger partial charge is 0.191 e. The second-order valence-electron chi connectivity index (χ2n) is 6.60. The van der Waals surface area contributed by atoms with Gasteiger partial charge in [-0.3, -0.25) is 9.89 Å². The van der Waals surface area contributed by atoms with E-state index in [0.29, 0.717) is 5.92 Å². The lowest BCUT2D eigenvalue weighted by Crippen LogP contribution is -2.44. The number of morpholine rings is 1. The molecule has 1 aliphatic heterocycles. The normalized spacial score (nSPS) is 17.0. The molecule has 0 amide bonds. The third-order valence-electron chi connectivity index (χ3n) is 4.69. The molecular formula is C20H34N4O2. The fourth-order valence-electron chi connectivity index (χ4n) is 2.97. The van der Waals surface area contributed by atoms with Gasteiger partial charge in [0.1, 0.15) is 5.75 Å². The van der Waals surface area contributed by atoms with E-state index < -0.39 is 0 Å². The van der Waals surface area contributed by atoms with Gasteiger partial charge < -0.3 is 20.1 Å². The molecule has 6 heteroatoms. The highest BCUT2D eigenvalue weighted by molar-refractivity contribution is 5.79. The number of hydrogen-bond acceptors (Lipinski definition) is 4. The van der Waals surface area contributed by atoms with Crippen molar-refractivity contribution in [2.45, 2.75) is 26.2 Å². The second kappa shape index (κ2) is 11.8. The molecule has 1 saturated heterocycles. The summed E-state index contributed by atoms with van der Waals surface area (Å²) in [7, 11) is 1.70. The topological polar surface area (TPSA) is 58.1 Å². The van der Waals surface area contributed by atoms with Gasteiger partial charge in [-0.2, -0.15) is 0 Å². The van der Waals surface area contributed by atoms with Crippen LogP contribution in [0, 0.1) is 0 Å². The van der Waals surface area contributed by atoms with Crippen molar-refractivity contribution in [1.29, 1.82) is 0 Å². The van der Waals surface area contributed by atoms with Crippen LogP contribution in [0.2, 0.25) is 0 Å². The fourth-order valence-corrected chi connectivity index (χ4v) is 2.97. The Morgan fingerprint density at radius 3 is 2.62 bits per heavy atom. The average molecular weight is 363 g/mol. The number of hydrogen-bond donors (Lipinski definition) is 2. The molecular weight excluding hydrogens is 328 g/mol. The number of ether oxygens (including phenoxy) is 2. The molecule has 0 bridgehead atoms. The van der Waals surface area contributed by atoms with Crippen molar-refractivity contribution in [3.8, 4) is 5.75 Å². The maximum atomic E-state index is 5.39. The molecule has 1 heterocycles. The summed E-state index contributed by atoms with van der Waals surface area (Å²) in [5, 5.41) is 6.76. The van der Waals surface area contributed by atoms with Crippen LogP contribution in [0.1, 0.15) is 31.7 Å². The summed E-state index contributed by atoms with van der Waals surface area (Å²) in [6.45, 7) is 11.7. The minimum atomic E-state index is 0.473. The molecule has 1 aliphatic rings. The van der Waals surface area contributed by atoms with Gasteiger partial charge in [-0.15, -0.1) is 0 Å². The number of nitrogens with one attached hydrogen (secondary N) is 2. The third kappa shape index (κ3) is 7.22. The molecule has 0 spiro atoms. The molecule has 2 rings (SSSR count). The van der Waals surface area contributed by atoms with E-state index >= 15 is 0 Å². The van der Waals surface area contributed by atoms with Crippen molar-refractivity contribution in [3.05, 3.63) is 29.8 Å². The van der Waals surface area contributed by atoms with Gasteiger partial charge in [0.05, 0.1) is 20.3 Å². The Morgan fingerprint density at radius 1 is 1.23 bits per heavy atom. The molecule has 1 atom stereocenters. The lowest BCUT2D eigenvalue weighted by atomic mass is 9.98. The zero-order chi connectivity index (χ0) is 18.6. The van der Waals surface area contributed by atoms with Crippen LogP contribution < -0.4 is 15.4 Å². The predicted octanol–water partition coefficient (Wildman–Crippen LogP) is 2.08. The number of methoxy groups -OCH3 is 1. The van der Waals surface area contributed by atoms with Crippen molar-refractivity contribution in [2.24, 2.45) is 4.99 Å². The van der Waals surface area contributed by atoms with Crippen LogP contribution in [0.25, 0.3) is 0 Å². The first-order valence-electron chi connectivity index (χ1n) is 9.69. The molecule has 0 aliphatic carbocycles. The molecule has 6 nitrogen and oxygen atoms in total. The van der Waals surface area contributed by atoms with Gasteiger partial charge >= 0.3 is 0 Å². The van der Waals surface area contributed by atoms with Crippen molar-refractivity contribution in [3.63, 3.8) is 0 Å². The van der Waals surface area contributed by atoms with E-state index in [1.165, 1.54) is 5.56 Å². The van der Waals surface area contributed by atoms with Crippen LogP contribution in [-0.2, 0) is 4.74 Å². The van der Waals surface area contributed by atoms with E-state index in [4.69, 9.17) is 14.5 Å². The van der Waals surface area contributed by atoms with E-state index in [2.05, 4.69) is 41.5 Å². The first-order chi connectivity index (χ1) is 12.7. The molecule has 0 radical (unpaired) electrons. The van der Waals surface area contributed by atoms with Gasteiger partial charge in [0.25, 0.3) is 0 Å². The Bertz CT molecular complexity index is 527. The van der Waals surface area contributed by atoms with Gasteiger partial charge in [0.15, 0.2) is 5.96 Å². The monoisotopic (exact) mass is 362 g/mol. The van der Waals surface area contributed by atoms with Gasteiger partial charge in [-0.25, -0.2) is 0 Å². The number of rotatable bonds is 9. The number of benzene rings is 1. The lowest BCUT2D eigenvalue weighted by Gasteiger charge is -2.26. The van der Waals surface area contributed by atoms with Crippen LogP contribution in [0.5, 0.6) is 5.75 Å². The van der Waals surface area contributed by atoms with E-state index in [1.807, 2.05) is 12.1 Å². The summed E-state index contributed by atoms with van der Waals surface area (Å²) in [5.74, 6) is 2.28. The summed E-state index contributed by atoms with van der Waals surface area (Å²) < 4.78 is 10.6. The Balaban J connectivity index is 1.73. The zero-order valence-corrected chi connectivity index (χ0v) is 16.5. The van der Waals surface area contributed by atoms with Crippen LogP contribution in [0.15, 0.2) is 29.3 Å². The van der Waals surface area contributed by atoms with Crippen molar-refractivity contribution in [1.82, 2.24) is 15.5 Å². The maximum Gasteiger partial charge on any atom is 0.191 e. The van der Waals surface area contributed by atoms with E-state index in [0.717, 1.165) is 70.6 Å². The Hall–Kier alpha value is -1.79. The quantitative estimate of drug-likeness (QED) is 0.520. The molecule has 26 heavy (non-hydrogen) atoms. The summed E-state index contributed by atoms with van der Waals surface area (Å²) in [6, 6.07) is 8.32. The first kappa shape index (κ1) is 20.5. The molecule has 1 unspecified atom stereocenters. The van der Waals surface area contributed by atoms with Crippen molar-refractivity contribution < 1.29 is 9.47 Å². The number of guanidine groups is 1. The molecule has 1 fully saturated rings. The maximum absolute atomic E-state index is 5.39. The highest BCUT2D eigenvalue weighted by Crippen LogP contribution is 2.21. The Labute approximate surface area is 158 Å². The van der Waals surface area contributed by atoms with Crippen molar-refractivity contribution >= 4 is 5.96 Å². The SMILES string of the molecule is CCNC(=NCCC(C)c1ccc(OC)cc1)NCCN1CCOCC1. The fraction of sp³-hybridized carbons (Fsp3) is 0.650. The Kier molecular flexibility index (Phi) is 9.28. The Morgan fingerprint density at radius 2 is 1.96 bits per heavy atom.